The Balaban J connectivity index is 2.06. The third-order valence-corrected chi connectivity index (χ3v) is 4.87. The van der Waals surface area contributed by atoms with Gasteiger partial charge in [-0.1, -0.05) is 19.1 Å². The third-order valence-electron chi connectivity index (χ3n) is 4.59. The van der Waals surface area contributed by atoms with Crippen LogP contribution in [0.5, 0.6) is 11.5 Å². The van der Waals surface area contributed by atoms with Crippen LogP contribution in [0, 0.1) is 10.1 Å². The van der Waals surface area contributed by atoms with Crippen molar-refractivity contribution in [1.29, 1.82) is 0 Å². The van der Waals surface area contributed by atoms with E-state index in [1.165, 1.54) is 17.0 Å². The number of thiocarbonyl (C=S) groups is 1. The first-order valence-electron chi connectivity index (χ1n) is 9.41. The number of hydrogen-bond acceptors (Lipinski definition) is 7. The molecule has 31 heavy (non-hydrogen) atoms. The van der Waals surface area contributed by atoms with Gasteiger partial charge in [-0.05, 0) is 61.0 Å². The molecule has 1 aliphatic rings. The minimum atomic E-state index is -0.778. The molecule has 0 spiro atoms. The lowest BCUT2D eigenvalue weighted by Gasteiger charge is -2.29. The lowest BCUT2D eigenvalue weighted by molar-refractivity contribution is -0.386. The zero-order chi connectivity index (χ0) is 22.7. The summed E-state index contributed by atoms with van der Waals surface area (Å²) in [4.78, 5) is 37.2. The van der Waals surface area contributed by atoms with Crippen LogP contribution in [0.4, 0.5) is 11.4 Å². The van der Waals surface area contributed by atoms with Crippen molar-refractivity contribution in [1.82, 2.24) is 5.32 Å². The zero-order valence-corrected chi connectivity index (χ0v) is 17.6. The number of aryl methyl sites for hydroxylation is 1. The molecule has 1 fully saturated rings. The van der Waals surface area contributed by atoms with Crippen molar-refractivity contribution >= 4 is 46.6 Å². The van der Waals surface area contributed by atoms with Gasteiger partial charge in [-0.15, -0.1) is 0 Å². The Morgan fingerprint density at radius 1 is 1.23 bits per heavy atom. The summed E-state index contributed by atoms with van der Waals surface area (Å²) in [6.07, 6.45) is 2.02. The maximum atomic E-state index is 13.1. The number of nitro groups is 1. The summed E-state index contributed by atoms with van der Waals surface area (Å²) in [6.45, 7) is 3.80. The first kappa shape index (κ1) is 21.9. The molecule has 0 atom stereocenters. The zero-order valence-electron chi connectivity index (χ0n) is 16.7. The molecule has 0 aliphatic carbocycles. The number of carbonyl (C=O) groups excluding carboxylic acids is 2. The molecule has 0 unspecified atom stereocenters. The Hall–Kier alpha value is -3.79. The van der Waals surface area contributed by atoms with E-state index in [9.17, 15) is 24.8 Å². The molecular formula is C21H19N3O6S. The Bertz CT molecular complexity index is 1110. The second kappa shape index (κ2) is 8.92. The Morgan fingerprint density at radius 2 is 1.90 bits per heavy atom. The quantitative estimate of drug-likeness (QED) is 0.232. The first-order chi connectivity index (χ1) is 14.8. The molecule has 0 aromatic heterocycles. The van der Waals surface area contributed by atoms with Gasteiger partial charge in [-0.3, -0.25) is 29.9 Å². The normalized spacial score (nSPS) is 15.2. The lowest BCUT2D eigenvalue weighted by Crippen LogP contribution is -2.54. The number of phenolic OH excluding ortho intramolecular Hbond substituents is 1. The summed E-state index contributed by atoms with van der Waals surface area (Å²) >= 11 is 5.17. The molecular weight excluding hydrogens is 422 g/mol. The lowest BCUT2D eigenvalue weighted by atomic mass is 10.1. The van der Waals surface area contributed by atoms with E-state index < -0.39 is 28.2 Å². The van der Waals surface area contributed by atoms with Crippen molar-refractivity contribution in [3.8, 4) is 11.5 Å². The minimum absolute atomic E-state index is 0.0666. The van der Waals surface area contributed by atoms with Crippen molar-refractivity contribution in [2.75, 3.05) is 11.5 Å². The number of nitro benzene ring substituents is 1. The van der Waals surface area contributed by atoms with Crippen LogP contribution < -0.4 is 15.0 Å². The molecule has 2 N–H and O–H groups in total. The van der Waals surface area contributed by atoms with E-state index >= 15 is 0 Å². The van der Waals surface area contributed by atoms with E-state index in [2.05, 4.69) is 5.32 Å². The largest absolute Gasteiger partial charge is 0.500 e. The summed E-state index contributed by atoms with van der Waals surface area (Å²) in [6, 6.07) is 9.50. The minimum Gasteiger partial charge on any atom is -0.500 e. The van der Waals surface area contributed by atoms with Crippen LogP contribution in [-0.2, 0) is 16.0 Å². The number of rotatable bonds is 6. The van der Waals surface area contributed by atoms with E-state index in [0.29, 0.717) is 5.69 Å². The van der Waals surface area contributed by atoms with Gasteiger partial charge in [0.15, 0.2) is 10.9 Å². The van der Waals surface area contributed by atoms with Gasteiger partial charge in [0.25, 0.3) is 11.8 Å². The number of phenols is 1. The second-order valence-electron chi connectivity index (χ2n) is 6.55. The number of anilines is 1. The summed E-state index contributed by atoms with van der Waals surface area (Å²) in [7, 11) is 0. The fourth-order valence-electron chi connectivity index (χ4n) is 3.04. The van der Waals surface area contributed by atoms with Crippen LogP contribution in [0.15, 0.2) is 42.0 Å². The fraction of sp³-hybridized carbons (Fsp3) is 0.190. The highest BCUT2D eigenvalue weighted by molar-refractivity contribution is 7.80. The molecule has 0 saturated carbocycles. The number of amides is 2. The fourth-order valence-corrected chi connectivity index (χ4v) is 3.32. The van der Waals surface area contributed by atoms with Gasteiger partial charge in [0.05, 0.1) is 17.2 Å². The highest BCUT2D eigenvalue weighted by Crippen LogP contribution is 2.38. The summed E-state index contributed by atoms with van der Waals surface area (Å²) in [5.74, 6) is -2.17. The van der Waals surface area contributed by atoms with Crippen LogP contribution in [-0.4, -0.2) is 33.6 Å². The average molecular weight is 441 g/mol. The molecule has 0 radical (unpaired) electrons. The monoisotopic (exact) mass is 441 g/mol. The topological polar surface area (TPSA) is 122 Å². The molecule has 1 heterocycles. The average Bonchev–Trinajstić information content (AvgIpc) is 2.73. The van der Waals surface area contributed by atoms with E-state index in [4.69, 9.17) is 17.0 Å². The van der Waals surface area contributed by atoms with Crippen LogP contribution in [0.25, 0.3) is 6.08 Å². The van der Waals surface area contributed by atoms with Crippen molar-refractivity contribution < 1.29 is 24.4 Å². The van der Waals surface area contributed by atoms with Crippen LogP contribution in [0.3, 0.4) is 0 Å². The summed E-state index contributed by atoms with van der Waals surface area (Å²) in [5.41, 5.74) is 0.809. The van der Waals surface area contributed by atoms with Crippen LogP contribution >= 0.6 is 12.2 Å². The van der Waals surface area contributed by atoms with Crippen molar-refractivity contribution in [2.45, 2.75) is 20.3 Å². The Labute approximate surface area is 183 Å². The molecule has 9 nitrogen and oxygen atoms in total. The van der Waals surface area contributed by atoms with Gasteiger partial charge >= 0.3 is 5.69 Å². The maximum Gasteiger partial charge on any atom is 0.315 e. The van der Waals surface area contributed by atoms with Crippen LogP contribution in [0.2, 0.25) is 0 Å². The van der Waals surface area contributed by atoms with E-state index in [-0.39, 0.29) is 28.6 Å². The van der Waals surface area contributed by atoms with Gasteiger partial charge in [0, 0.05) is 6.07 Å². The molecule has 3 rings (SSSR count). The molecule has 10 heteroatoms. The molecule has 0 bridgehead atoms. The van der Waals surface area contributed by atoms with Crippen molar-refractivity contribution in [3.63, 3.8) is 0 Å². The number of nitrogens with one attached hydrogen (secondary N) is 1. The van der Waals surface area contributed by atoms with Gasteiger partial charge in [0.1, 0.15) is 5.57 Å². The Kier molecular flexibility index (Phi) is 6.30. The SMILES string of the molecule is CCOc1cc(C=C2C(=O)NC(=S)N(c3ccc(CC)cc3)C2=O)cc([N+](=O)[O-])c1O. The molecule has 2 aromatic rings. The van der Waals surface area contributed by atoms with Gasteiger partial charge in [0.2, 0.25) is 5.75 Å². The maximum absolute atomic E-state index is 13.1. The van der Waals surface area contributed by atoms with E-state index in [0.717, 1.165) is 18.1 Å². The Morgan fingerprint density at radius 3 is 2.48 bits per heavy atom. The molecule has 2 aromatic carbocycles. The molecule has 160 valence electrons. The standard InChI is InChI=1S/C21H19N3O6S/c1-3-12-5-7-14(8-6-12)23-20(27)15(19(26)22-21(23)31)9-13-10-16(24(28)29)18(25)17(11-13)30-4-2/h5-11,25H,3-4H2,1-2H3,(H,22,26,31). The van der Waals surface area contributed by atoms with Gasteiger partial charge < -0.3 is 9.84 Å². The van der Waals surface area contributed by atoms with Crippen molar-refractivity contribution in [3.05, 3.63) is 63.2 Å². The summed E-state index contributed by atoms with van der Waals surface area (Å²) < 4.78 is 5.24. The van der Waals surface area contributed by atoms with E-state index in [1.54, 1.807) is 19.1 Å². The van der Waals surface area contributed by atoms with Gasteiger partial charge in [-0.25, -0.2) is 0 Å². The smallest absolute Gasteiger partial charge is 0.315 e. The molecule has 1 saturated heterocycles. The predicted molar refractivity (Wildman–Crippen MR) is 118 cm³/mol. The number of nitrogens with zero attached hydrogens (tertiary/aromatic N) is 2. The number of hydrogen-bond donors (Lipinski definition) is 2. The van der Waals surface area contributed by atoms with E-state index in [1.807, 2.05) is 19.1 Å². The molecule has 2 amide bonds. The first-order valence-corrected chi connectivity index (χ1v) is 9.82. The highest BCUT2D eigenvalue weighted by atomic mass is 32.1. The molecule has 1 aliphatic heterocycles. The number of ether oxygens (including phenoxy) is 1. The number of benzene rings is 2. The van der Waals surface area contributed by atoms with Crippen molar-refractivity contribution in [2.24, 2.45) is 0 Å². The highest BCUT2D eigenvalue weighted by Gasteiger charge is 2.34. The van der Waals surface area contributed by atoms with Gasteiger partial charge in [-0.2, -0.15) is 0 Å². The second-order valence-corrected chi connectivity index (χ2v) is 6.94. The predicted octanol–water partition coefficient (Wildman–Crippen LogP) is 3.09. The number of aromatic hydroxyl groups is 1. The van der Waals surface area contributed by atoms with Crippen LogP contribution in [0.1, 0.15) is 25.0 Å². The third kappa shape index (κ3) is 4.38. The summed E-state index contributed by atoms with van der Waals surface area (Å²) in [5, 5.41) is 23.7. The number of carbonyl (C=O) groups is 2.